The first kappa shape index (κ1) is 13.8. The summed E-state index contributed by atoms with van der Waals surface area (Å²) in [6.45, 7) is 0.536. The number of alkyl halides is 1. The van der Waals surface area contributed by atoms with Gasteiger partial charge in [0.25, 0.3) is 5.91 Å². The number of rotatable bonds is 4. The van der Waals surface area contributed by atoms with Crippen LogP contribution in [-0.2, 0) is 12.4 Å². The molecule has 0 aliphatic heterocycles. The molecule has 1 aromatic heterocycles. The van der Waals surface area contributed by atoms with Crippen molar-refractivity contribution in [1.82, 2.24) is 5.32 Å². The van der Waals surface area contributed by atoms with E-state index in [1.807, 2.05) is 35.7 Å². The van der Waals surface area contributed by atoms with Gasteiger partial charge in [-0.25, -0.2) is 0 Å². The van der Waals surface area contributed by atoms with Gasteiger partial charge in [0, 0.05) is 17.8 Å². The number of hydrogen-bond donors (Lipinski definition) is 1. The van der Waals surface area contributed by atoms with Crippen molar-refractivity contribution in [3.63, 3.8) is 0 Å². The van der Waals surface area contributed by atoms with Gasteiger partial charge in [-0.15, -0.1) is 22.9 Å². The van der Waals surface area contributed by atoms with E-state index in [2.05, 4.69) is 27.9 Å². The van der Waals surface area contributed by atoms with Gasteiger partial charge in [-0.2, -0.15) is 0 Å². The minimum atomic E-state index is -0.0319. The fourth-order valence-corrected chi connectivity index (χ4v) is 2.96. The van der Waals surface area contributed by atoms with Crippen LogP contribution in [0.15, 0.2) is 35.7 Å². The van der Waals surface area contributed by atoms with E-state index in [4.69, 9.17) is 11.6 Å². The maximum atomic E-state index is 11.8. The normalized spacial score (nSPS) is 10.3. The molecule has 1 N–H and O–H groups in total. The van der Waals surface area contributed by atoms with Crippen molar-refractivity contribution in [3.8, 4) is 0 Å². The minimum Gasteiger partial charge on any atom is -0.348 e. The van der Waals surface area contributed by atoms with Crippen LogP contribution in [0, 0.1) is 2.88 Å². The largest absolute Gasteiger partial charge is 0.348 e. The SMILES string of the molecule is O=C(NCc1ccc(CCl)cc1)c1csc(I)c1. The summed E-state index contributed by atoms with van der Waals surface area (Å²) < 4.78 is 1.12. The Morgan fingerprint density at radius 2 is 1.94 bits per heavy atom. The lowest BCUT2D eigenvalue weighted by Crippen LogP contribution is -2.22. The summed E-state index contributed by atoms with van der Waals surface area (Å²) in [4.78, 5) is 11.8. The average Bonchev–Trinajstić information content (AvgIpc) is 2.83. The minimum absolute atomic E-state index is 0.0319. The average molecular weight is 392 g/mol. The molecule has 0 radical (unpaired) electrons. The second kappa shape index (κ2) is 6.54. The summed E-state index contributed by atoms with van der Waals surface area (Å²) in [7, 11) is 0. The smallest absolute Gasteiger partial charge is 0.252 e. The molecule has 2 rings (SSSR count). The predicted octanol–water partition coefficient (Wildman–Crippen LogP) is 4.02. The van der Waals surface area contributed by atoms with Crippen LogP contribution in [0.25, 0.3) is 0 Å². The molecule has 0 saturated carbocycles. The summed E-state index contributed by atoms with van der Waals surface area (Å²) in [6.07, 6.45) is 0. The van der Waals surface area contributed by atoms with Crippen molar-refractivity contribution in [2.45, 2.75) is 12.4 Å². The molecule has 0 aliphatic carbocycles. The molecule has 94 valence electrons. The molecule has 2 aromatic rings. The van der Waals surface area contributed by atoms with Crippen LogP contribution in [0.2, 0.25) is 0 Å². The first-order valence-corrected chi connectivity index (χ1v) is 7.84. The number of hydrogen-bond acceptors (Lipinski definition) is 2. The van der Waals surface area contributed by atoms with Gasteiger partial charge in [0.1, 0.15) is 0 Å². The van der Waals surface area contributed by atoms with E-state index < -0.39 is 0 Å². The van der Waals surface area contributed by atoms with E-state index in [1.165, 1.54) is 0 Å². The molecule has 0 unspecified atom stereocenters. The molecule has 1 amide bonds. The molecule has 0 spiro atoms. The van der Waals surface area contributed by atoms with Crippen molar-refractivity contribution >= 4 is 51.4 Å². The van der Waals surface area contributed by atoms with Gasteiger partial charge >= 0.3 is 0 Å². The van der Waals surface area contributed by atoms with E-state index in [0.717, 1.165) is 19.6 Å². The van der Waals surface area contributed by atoms with E-state index in [9.17, 15) is 4.79 Å². The van der Waals surface area contributed by atoms with Crippen LogP contribution in [-0.4, -0.2) is 5.91 Å². The highest BCUT2D eigenvalue weighted by Crippen LogP contribution is 2.16. The van der Waals surface area contributed by atoms with Crippen LogP contribution in [0.1, 0.15) is 21.5 Å². The highest BCUT2D eigenvalue weighted by Gasteiger charge is 2.07. The molecule has 0 aliphatic rings. The van der Waals surface area contributed by atoms with Gasteiger partial charge in [0.2, 0.25) is 0 Å². The van der Waals surface area contributed by atoms with Crippen LogP contribution < -0.4 is 5.32 Å². The molecular weight excluding hydrogens is 381 g/mol. The van der Waals surface area contributed by atoms with Gasteiger partial charge in [0.05, 0.1) is 8.45 Å². The van der Waals surface area contributed by atoms with E-state index in [-0.39, 0.29) is 5.91 Å². The summed E-state index contributed by atoms with van der Waals surface area (Å²) in [5.41, 5.74) is 2.88. The zero-order valence-corrected chi connectivity index (χ0v) is 13.2. The fraction of sp³-hybridized carbons (Fsp3) is 0.154. The Hall–Kier alpha value is -0.590. The van der Waals surface area contributed by atoms with Crippen molar-refractivity contribution in [2.75, 3.05) is 0 Å². The molecule has 0 fully saturated rings. The maximum Gasteiger partial charge on any atom is 0.252 e. The van der Waals surface area contributed by atoms with Gasteiger partial charge < -0.3 is 5.32 Å². The number of halogens is 2. The second-order valence-electron chi connectivity index (χ2n) is 3.77. The summed E-state index contributed by atoms with van der Waals surface area (Å²) >= 11 is 9.50. The molecule has 2 nitrogen and oxygen atoms in total. The van der Waals surface area contributed by atoms with E-state index in [0.29, 0.717) is 12.4 Å². The van der Waals surface area contributed by atoms with Gasteiger partial charge in [0.15, 0.2) is 0 Å². The van der Waals surface area contributed by atoms with Crippen LogP contribution in [0.5, 0.6) is 0 Å². The quantitative estimate of drug-likeness (QED) is 0.619. The maximum absolute atomic E-state index is 11.8. The number of carbonyl (C=O) groups excluding carboxylic acids is 1. The topological polar surface area (TPSA) is 29.1 Å². The third-order valence-electron chi connectivity index (χ3n) is 2.46. The number of amides is 1. The lowest BCUT2D eigenvalue weighted by atomic mass is 10.1. The Labute approximate surface area is 129 Å². The predicted molar refractivity (Wildman–Crippen MR) is 84.2 cm³/mol. The van der Waals surface area contributed by atoms with Crippen molar-refractivity contribution < 1.29 is 4.79 Å². The summed E-state index contributed by atoms with van der Waals surface area (Å²) in [5.74, 6) is 0.482. The Bertz CT molecular complexity index is 538. The van der Waals surface area contributed by atoms with E-state index >= 15 is 0 Å². The third-order valence-corrected chi connectivity index (χ3v) is 4.56. The zero-order chi connectivity index (χ0) is 13.0. The fourth-order valence-electron chi connectivity index (χ4n) is 1.46. The first-order valence-electron chi connectivity index (χ1n) is 5.35. The van der Waals surface area contributed by atoms with Crippen LogP contribution >= 0.6 is 45.5 Å². The highest BCUT2D eigenvalue weighted by molar-refractivity contribution is 14.1. The van der Waals surface area contributed by atoms with Crippen LogP contribution in [0.3, 0.4) is 0 Å². The Kier molecular flexibility index (Phi) is 5.03. The lowest BCUT2D eigenvalue weighted by molar-refractivity contribution is 0.0951. The monoisotopic (exact) mass is 391 g/mol. The third kappa shape index (κ3) is 3.70. The molecule has 1 heterocycles. The van der Waals surface area contributed by atoms with Gasteiger partial charge in [-0.1, -0.05) is 24.3 Å². The molecule has 5 heteroatoms. The molecule has 0 bridgehead atoms. The molecule has 1 aromatic carbocycles. The number of benzene rings is 1. The van der Waals surface area contributed by atoms with E-state index in [1.54, 1.807) is 11.3 Å². The van der Waals surface area contributed by atoms with Gasteiger partial charge in [-0.3, -0.25) is 4.79 Å². The Morgan fingerprint density at radius 1 is 1.28 bits per heavy atom. The van der Waals surface area contributed by atoms with Crippen molar-refractivity contribution in [1.29, 1.82) is 0 Å². The van der Waals surface area contributed by atoms with Crippen LogP contribution in [0.4, 0.5) is 0 Å². The molecule has 0 atom stereocenters. The molecular formula is C13H11ClINOS. The molecule has 18 heavy (non-hydrogen) atoms. The summed E-state index contributed by atoms with van der Waals surface area (Å²) in [6, 6.07) is 9.80. The lowest BCUT2D eigenvalue weighted by Gasteiger charge is -2.04. The van der Waals surface area contributed by atoms with Crippen molar-refractivity contribution in [2.24, 2.45) is 0 Å². The van der Waals surface area contributed by atoms with Crippen molar-refractivity contribution in [3.05, 3.63) is 55.3 Å². The van der Waals surface area contributed by atoms with Gasteiger partial charge in [-0.05, 0) is 39.8 Å². The number of thiophene rings is 1. The number of carbonyl (C=O) groups is 1. The molecule has 0 saturated heterocycles. The Morgan fingerprint density at radius 3 is 2.50 bits per heavy atom. The standard InChI is InChI=1S/C13H11ClINOS/c14-6-9-1-3-10(4-2-9)7-16-13(17)11-5-12(15)18-8-11/h1-5,8H,6-7H2,(H,16,17). The summed E-state index contributed by atoms with van der Waals surface area (Å²) in [5, 5.41) is 4.77. The first-order chi connectivity index (χ1) is 8.69. The highest BCUT2D eigenvalue weighted by atomic mass is 127. The number of nitrogens with one attached hydrogen (secondary N) is 1. The second-order valence-corrected chi connectivity index (χ2v) is 6.84. The zero-order valence-electron chi connectivity index (χ0n) is 9.45. The Balaban J connectivity index is 1.92.